The van der Waals surface area contributed by atoms with Gasteiger partial charge in [-0.2, -0.15) is 5.26 Å². The summed E-state index contributed by atoms with van der Waals surface area (Å²) in [7, 11) is 0. The largest absolute Gasteiger partial charge is 0.493 e. The summed E-state index contributed by atoms with van der Waals surface area (Å²) in [6.07, 6.45) is 0.782. The number of nitrogens with two attached hydrogens (primary N) is 1. The summed E-state index contributed by atoms with van der Waals surface area (Å²) >= 11 is 0. The fourth-order valence-corrected chi connectivity index (χ4v) is 1.80. The van der Waals surface area contributed by atoms with Crippen LogP contribution in [-0.4, -0.2) is 6.61 Å². The van der Waals surface area contributed by atoms with Crippen LogP contribution in [0.5, 0.6) is 5.75 Å². The lowest BCUT2D eigenvalue weighted by Gasteiger charge is -2.24. The Bertz CT molecular complexity index is 406. The summed E-state index contributed by atoms with van der Waals surface area (Å²) < 4.78 is 5.49. The summed E-state index contributed by atoms with van der Waals surface area (Å²) in [5.41, 5.74) is 8.49. The Balaban J connectivity index is 2.63. The molecule has 1 aromatic rings. The van der Waals surface area contributed by atoms with Crippen LogP contribution in [0.3, 0.4) is 0 Å². The summed E-state index contributed by atoms with van der Waals surface area (Å²) in [4.78, 5) is 0. The SMILES string of the molecule is Cc1cc(C#N)c2c(c1)OCCC2N. The minimum atomic E-state index is -0.0611. The van der Waals surface area contributed by atoms with Gasteiger partial charge in [-0.05, 0) is 24.6 Å². The molecule has 0 amide bonds. The number of fused-ring (bicyclic) bond motifs is 1. The number of nitrogens with zero attached hydrogens (tertiary/aromatic N) is 1. The number of benzene rings is 1. The van der Waals surface area contributed by atoms with Crippen LogP contribution in [0.4, 0.5) is 0 Å². The van der Waals surface area contributed by atoms with E-state index in [1.165, 1.54) is 0 Å². The van der Waals surface area contributed by atoms with Gasteiger partial charge in [0.05, 0.1) is 18.2 Å². The monoisotopic (exact) mass is 188 g/mol. The van der Waals surface area contributed by atoms with Crippen molar-refractivity contribution >= 4 is 0 Å². The Kier molecular flexibility index (Phi) is 2.14. The lowest BCUT2D eigenvalue weighted by Crippen LogP contribution is -2.21. The van der Waals surface area contributed by atoms with Crippen molar-refractivity contribution in [3.05, 3.63) is 28.8 Å². The summed E-state index contributed by atoms with van der Waals surface area (Å²) in [5.74, 6) is 0.778. The van der Waals surface area contributed by atoms with Crippen LogP contribution < -0.4 is 10.5 Å². The second kappa shape index (κ2) is 3.32. The van der Waals surface area contributed by atoms with Crippen LogP contribution in [0.25, 0.3) is 0 Å². The van der Waals surface area contributed by atoms with E-state index in [9.17, 15) is 0 Å². The molecule has 0 aliphatic carbocycles. The average Bonchev–Trinajstić information content (AvgIpc) is 2.16. The van der Waals surface area contributed by atoms with Gasteiger partial charge in [0.1, 0.15) is 5.75 Å². The zero-order valence-electron chi connectivity index (χ0n) is 8.08. The maximum atomic E-state index is 8.97. The first-order valence-electron chi connectivity index (χ1n) is 4.65. The average molecular weight is 188 g/mol. The van der Waals surface area contributed by atoms with Crippen molar-refractivity contribution in [2.24, 2.45) is 5.73 Å². The number of aryl methyl sites for hydroxylation is 1. The Labute approximate surface area is 83.1 Å². The molecule has 3 nitrogen and oxygen atoms in total. The normalized spacial score (nSPS) is 19.4. The molecule has 1 atom stereocenters. The summed E-state index contributed by atoms with van der Waals surface area (Å²) in [6.45, 7) is 2.59. The molecule has 0 saturated carbocycles. The van der Waals surface area contributed by atoms with E-state index < -0.39 is 0 Å². The van der Waals surface area contributed by atoms with Crippen LogP contribution in [-0.2, 0) is 0 Å². The highest BCUT2D eigenvalue weighted by Crippen LogP contribution is 2.34. The van der Waals surface area contributed by atoms with Gasteiger partial charge < -0.3 is 10.5 Å². The first kappa shape index (κ1) is 9.04. The van der Waals surface area contributed by atoms with Crippen LogP contribution >= 0.6 is 0 Å². The number of nitriles is 1. The van der Waals surface area contributed by atoms with Crippen molar-refractivity contribution in [2.75, 3.05) is 6.61 Å². The minimum Gasteiger partial charge on any atom is -0.493 e. The van der Waals surface area contributed by atoms with Crippen molar-refractivity contribution in [1.82, 2.24) is 0 Å². The number of hydrogen-bond donors (Lipinski definition) is 1. The molecule has 1 heterocycles. The number of ether oxygens (including phenoxy) is 1. The molecule has 0 bridgehead atoms. The third-order valence-electron chi connectivity index (χ3n) is 2.46. The molecule has 0 aromatic heterocycles. The van der Waals surface area contributed by atoms with Crippen LogP contribution in [0.15, 0.2) is 12.1 Å². The van der Waals surface area contributed by atoms with Gasteiger partial charge in [-0.3, -0.25) is 0 Å². The highest BCUT2D eigenvalue weighted by molar-refractivity contribution is 5.51. The highest BCUT2D eigenvalue weighted by atomic mass is 16.5. The molecule has 1 aromatic carbocycles. The van der Waals surface area contributed by atoms with E-state index in [1.54, 1.807) is 0 Å². The number of rotatable bonds is 0. The van der Waals surface area contributed by atoms with E-state index in [0.29, 0.717) is 12.2 Å². The lowest BCUT2D eigenvalue weighted by molar-refractivity contribution is 0.268. The topological polar surface area (TPSA) is 59.0 Å². The van der Waals surface area contributed by atoms with Crippen molar-refractivity contribution in [3.8, 4) is 11.8 Å². The Morgan fingerprint density at radius 3 is 3.07 bits per heavy atom. The molecular formula is C11H12N2O. The minimum absolute atomic E-state index is 0.0611. The molecule has 3 heteroatoms. The van der Waals surface area contributed by atoms with Gasteiger partial charge in [0, 0.05) is 18.0 Å². The molecule has 72 valence electrons. The number of hydrogen-bond acceptors (Lipinski definition) is 3. The van der Waals surface area contributed by atoms with Crippen LogP contribution in [0.1, 0.15) is 29.2 Å². The van der Waals surface area contributed by atoms with Crippen molar-refractivity contribution in [2.45, 2.75) is 19.4 Å². The first-order chi connectivity index (χ1) is 6.72. The van der Waals surface area contributed by atoms with Crippen molar-refractivity contribution in [3.63, 3.8) is 0 Å². The van der Waals surface area contributed by atoms with Gasteiger partial charge in [0.25, 0.3) is 0 Å². The molecule has 1 aliphatic rings. The molecule has 0 spiro atoms. The van der Waals surface area contributed by atoms with E-state index >= 15 is 0 Å². The van der Waals surface area contributed by atoms with E-state index in [1.807, 2.05) is 19.1 Å². The molecule has 14 heavy (non-hydrogen) atoms. The molecular weight excluding hydrogens is 176 g/mol. The summed E-state index contributed by atoms with van der Waals surface area (Å²) in [6, 6.07) is 5.90. The Morgan fingerprint density at radius 1 is 1.57 bits per heavy atom. The smallest absolute Gasteiger partial charge is 0.125 e. The zero-order chi connectivity index (χ0) is 10.1. The van der Waals surface area contributed by atoms with E-state index in [2.05, 4.69) is 6.07 Å². The molecule has 2 N–H and O–H groups in total. The highest BCUT2D eigenvalue weighted by Gasteiger charge is 2.21. The standard InChI is InChI=1S/C11H12N2O/c1-7-4-8(6-12)11-9(13)2-3-14-10(11)5-7/h4-5,9H,2-3,13H2,1H3. The molecule has 1 unspecified atom stereocenters. The van der Waals surface area contributed by atoms with Gasteiger partial charge in [-0.15, -0.1) is 0 Å². The van der Waals surface area contributed by atoms with Crippen molar-refractivity contribution in [1.29, 1.82) is 5.26 Å². The van der Waals surface area contributed by atoms with E-state index in [0.717, 1.165) is 23.3 Å². The van der Waals surface area contributed by atoms with Crippen LogP contribution in [0, 0.1) is 18.3 Å². The maximum Gasteiger partial charge on any atom is 0.125 e. The Morgan fingerprint density at radius 2 is 2.36 bits per heavy atom. The van der Waals surface area contributed by atoms with Gasteiger partial charge in [0.2, 0.25) is 0 Å². The quantitative estimate of drug-likeness (QED) is 0.673. The predicted octanol–water partition coefficient (Wildman–Crippen LogP) is 1.65. The second-order valence-electron chi connectivity index (χ2n) is 3.58. The molecule has 0 fully saturated rings. The third kappa shape index (κ3) is 1.34. The van der Waals surface area contributed by atoms with Gasteiger partial charge in [-0.25, -0.2) is 0 Å². The Hall–Kier alpha value is -1.53. The van der Waals surface area contributed by atoms with Crippen molar-refractivity contribution < 1.29 is 4.74 Å². The zero-order valence-corrected chi connectivity index (χ0v) is 8.08. The van der Waals surface area contributed by atoms with E-state index in [-0.39, 0.29) is 6.04 Å². The maximum absolute atomic E-state index is 8.97. The molecule has 0 saturated heterocycles. The predicted molar refractivity (Wildman–Crippen MR) is 52.9 cm³/mol. The summed E-state index contributed by atoms with van der Waals surface area (Å²) in [5, 5.41) is 8.97. The van der Waals surface area contributed by atoms with Gasteiger partial charge >= 0.3 is 0 Å². The fraction of sp³-hybridized carbons (Fsp3) is 0.364. The fourth-order valence-electron chi connectivity index (χ4n) is 1.80. The molecule has 0 radical (unpaired) electrons. The first-order valence-corrected chi connectivity index (χ1v) is 4.65. The van der Waals surface area contributed by atoms with E-state index in [4.69, 9.17) is 15.7 Å². The van der Waals surface area contributed by atoms with Gasteiger partial charge in [0.15, 0.2) is 0 Å². The van der Waals surface area contributed by atoms with Gasteiger partial charge in [-0.1, -0.05) is 0 Å². The second-order valence-corrected chi connectivity index (χ2v) is 3.58. The van der Waals surface area contributed by atoms with Crippen LogP contribution in [0.2, 0.25) is 0 Å². The molecule has 2 rings (SSSR count). The molecule has 1 aliphatic heterocycles. The lowest BCUT2D eigenvalue weighted by atomic mass is 9.95. The third-order valence-corrected chi connectivity index (χ3v) is 2.46.